The predicted molar refractivity (Wildman–Crippen MR) is 380 cm³/mol. The zero-order valence-corrected chi connectivity index (χ0v) is 62.6. The second kappa shape index (κ2) is 51.7. The number of amides is 3. The molecule has 3 amide bonds. The average molecular weight is 1510 g/mol. The van der Waals surface area contributed by atoms with Crippen LogP contribution in [0.4, 0.5) is 0 Å². The van der Waals surface area contributed by atoms with Crippen LogP contribution in [0.2, 0.25) is 0 Å². The minimum atomic E-state index is -2.19. The van der Waals surface area contributed by atoms with Gasteiger partial charge in [-0.3, -0.25) is 14.4 Å². The van der Waals surface area contributed by atoms with Gasteiger partial charge in [0.15, 0.2) is 31.5 Å². The minimum Gasteiger partial charge on any atom is -0.394 e. The van der Waals surface area contributed by atoms with Gasteiger partial charge in [-0.05, 0) is 19.3 Å². The van der Waals surface area contributed by atoms with Crippen LogP contribution < -0.4 is 16.0 Å². The van der Waals surface area contributed by atoms with Crippen molar-refractivity contribution in [3.8, 4) is 0 Å². The van der Waals surface area contributed by atoms with Gasteiger partial charge in [0.2, 0.25) is 17.7 Å². The molecule has 5 fully saturated rings. The lowest BCUT2D eigenvalue weighted by molar-refractivity contribution is -0.384. The summed E-state index contributed by atoms with van der Waals surface area (Å²) in [5.74, 6) is -1.92. The van der Waals surface area contributed by atoms with Gasteiger partial charge in [-0.15, -0.1) is 0 Å². The van der Waals surface area contributed by atoms with Crippen LogP contribution in [-0.4, -0.2) is 300 Å². The highest BCUT2D eigenvalue weighted by Crippen LogP contribution is 2.37. The number of rotatable bonds is 53. The second-order valence-corrected chi connectivity index (χ2v) is 29.3. The summed E-state index contributed by atoms with van der Waals surface area (Å²) in [5, 5.41) is 175. The van der Waals surface area contributed by atoms with E-state index in [-0.39, 0.29) is 12.3 Å². The maximum atomic E-state index is 13.5. The molecule has 5 heterocycles. The highest BCUT2D eigenvalue weighted by atomic mass is 16.8. The zero-order chi connectivity index (χ0) is 76.8. The smallest absolute Gasteiger partial charge is 0.220 e. The Morgan fingerprint density at radius 1 is 0.371 bits per heavy atom. The molecule has 105 heavy (non-hydrogen) atoms. The lowest BCUT2D eigenvalue weighted by Gasteiger charge is -2.50. The van der Waals surface area contributed by atoms with E-state index in [9.17, 15) is 91.0 Å². The average Bonchev–Trinajstić information content (AvgIpc) is 0.773. The third-order valence-electron chi connectivity index (χ3n) is 20.6. The monoisotopic (exact) mass is 1510 g/mol. The normalized spacial score (nSPS) is 34.4. The molecular formula is C74H135N3O28. The van der Waals surface area contributed by atoms with Gasteiger partial charge < -0.3 is 140 Å². The van der Waals surface area contributed by atoms with E-state index in [4.69, 9.17) is 47.4 Å². The molecule has 0 aromatic rings. The maximum Gasteiger partial charge on any atom is 0.220 e. The first-order valence-corrected chi connectivity index (χ1v) is 39.5. The molecule has 614 valence electrons. The quantitative estimate of drug-likeness (QED) is 0.0301. The van der Waals surface area contributed by atoms with E-state index in [2.05, 4.69) is 29.8 Å². The number of hydrogen-bond acceptors (Lipinski definition) is 28. The third kappa shape index (κ3) is 30.6. The lowest BCUT2D eigenvalue weighted by Crippen LogP contribution is -2.70. The molecule has 0 radical (unpaired) electrons. The Balaban J connectivity index is 1.22. The lowest BCUT2D eigenvalue weighted by atomic mass is 9.94. The van der Waals surface area contributed by atoms with E-state index >= 15 is 0 Å². The van der Waals surface area contributed by atoms with E-state index in [0.29, 0.717) is 12.8 Å². The molecule has 27 atom stereocenters. The number of hydrogen-bond donors (Lipinski definition) is 18. The van der Waals surface area contributed by atoms with Gasteiger partial charge in [-0.2, -0.15) is 0 Å². The van der Waals surface area contributed by atoms with Crippen LogP contribution in [0.15, 0.2) is 12.2 Å². The first-order chi connectivity index (χ1) is 50.6. The van der Waals surface area contributed by atoms with Crippen molar-refractivity contribution in [1.29, 1.82) is 0 Å². The molecule has 18 N–H and O–H groups in total. The van der Waals surface area contributed by atoms with Crippen molar-refractivity contribution in [2.75, 3.05) is 39.6 Å². The van der Waals surface area contributed by atoms with Crippen LogP contribution in [0.25, 0.3) is 0 Å². The van der Waals surface area contributed by atoms with Gasteiger partial charge in [0, 0.05) is 20.3 Å². The van der Waals surface area contributed by atoms with Crippen molar-refractivity contribution < 1.29 is 138 Å². The summed E-state index contributed by atoms with van der Waals surface area (Å²) in [6.45, 7) is 1.34. The molecular weight excluding hydrogens is 1380 g/mol. The SMILES string of the molecule is CCCCCCCCCCCCC/C=C/[C@@H](O)[C@H](CO[C@@H]1OC(CO)[C@@H](O[C@@H]2OC(CO)[C@H](O)[C@H](O[C@@H]3OC(CO)[C@@H](O)[C@H](O[C@@H]4OC(CO)[C@H](O)[C@H](O[C@@H]5OC(CO)[C@@H](O)[C@H](O)C5NC(C)=O)C4O)C3NC(C)=O)C2O)[C@H](O)C1O)NC(=O)CCCCCCCCCCCCCCCCCCCCC. The second-order valence-electron chi connectivity index (χ2n) is 29.3. The molecule has 5 rings (SSSR count). The number of carbonyl (C=O) groups is 3. The summed E-state index contributed by atoms with van der Waals surface area (Å²) in [4.78, 5) is 38.8. The number of unbranched alkanes of at least 4 members (excludes halogenated alkanes) is 29. The Kier molecular flexibility index (Phi) is 45.6. The van der Waals surface area contributed by atoms with E-state index in [1.807, 2.05) is 6.08 Å². The van der Waals surface area contributed by atoms with E-state index in [0.717, 1.165) is 65.2 Å². The molecule has 5 aliphatic rings. The predicted octanol–water partition coefficient (Wildman–Crippen LogP) is 1.31. The summed E-state index contributed by atoms with van der Waals surface area (Å²) in [5.41, 5.74) is 0. The highest BCUT2D eigenvalue weighted by molar-refractivity contribution is 5.76. The maximum absolute atomic E-state index is 13.5. The summed E-state index contributed by atoms with van der Waals surface area (Å²) in [7, 11) is 0. The number of aliphatic hydroxyl groups excluding tert-OH is 15. The number of ether oxygens (including phenoxy) is 10. The fourth-order valence-electron chi connectivity index (χ4n) is 14.3. The fraction of sp³-hybridized carbons (Fsp3) is 0.932. The van der Waals surface area contributed by atoms with Crippen LogP contribution in [-0.2, 0) is 61.8 Å². The molecule has 31 nitrogen and oxygen atoms in total. The van der Waals surface area contributed by atoms with Crippen molar-refractivity contribution in [2.24, 2.45) is 0 Å². The largest absolute Gasteiger partial charge is 0.394 e. The van der Waals surface area contributed by atoms with E-state index in [1.54, 1.807) is 6.08 Å². The zero-order valence-electron chi connectivity index (χ0n) is 62.6. The Labute approximate surface area is 620 Å². The van der Waals surface area contributed by atoms with Crippen molar-refractivity contribution in [3.63, 3.8) is 0 Å². The van der Waals surface area contributed by atoms with Gasteiger partial charge in [0.05, 0.1) is 51.8 Å². The molecule has 0 bridgehead atoms. The van der Waals surface area contributed by atoms with Crippen LogP contribution in [0.5, 0.6) is 0 Å². The van der Waals surface area contributed by atoms with Gasteiger partial charge in [0.25, 0.3) is 0 Å². The Morgan fingerprint density at radius 2 is 0.714 bits per heavy atom. The summed E-state index contributed by atoms with van der Waals surface area (Å²) < 4.78 is 59.3. The van der Waals surface area contributed by atoms with Crippen molar-refractivity contribution in [3.05, 3.63) is 12.2 Å². The summed E-state index contributed by atoms with van der Waals surface area (Å²) in [6, 6.07) is -4.43. The summed E-state index contributed by atoms with van der Waals surface area (Å²) in [6.07, 6.45) is -4.28. The van der Waals surface area contributed by atoms with Crippen LogP contribution in [0.1, 0.15) is 233 Å². The van der Waals surface area contributed by atoms with Gasteiger partial charge in [0.1, 0.15) is 122 Å². The molecule has 10 unspecified atom stereocenters. The molecule has 0 saturated carbocycles. The molecule has 0 spiro atoms. The third-order valence-corrected chi connectivity index (χ3v) is 20.6. The van der Waals surface area contributed by atoms with Gasteiger partial charge in [-0.25, -0.2) is 0 Å². The highest BCUT2D eigenvalue weighted by Gasteiger charge is 2.58. The van der Waals surface area contributed by atoms with Crippen LogP contribution in [0, 0.1) is 0 Å². The van der Waals surface area contributed by atoms with Crippen molar-refractivity contribution in [2.45, 2.75) is 399 Å². The molecule has 31 heteroatoms. The molecule has 5 aliphatic heterocycles. The Morgan fingerprint density at radius 3 is 1.13 bits per heavy atom. The standard InChI is InChI=1S/C74H135N3O28/c1-5-7-9-11-13-15-17-19-20-21-22-23-24-26-28-30-32-34-36-38-54(86)77-47(48(85)37-35-33-31-29-27-25-18-16-14-12-10-8-6-2)44-96-72-63(93)62(92)66(53(43-82)101-72)102-73-64(94)69(60(90)51(41-80)99-73)105-71-56(76-46(4)84)67(58(88)50(40-79)98-71)103-74-65(95)68(59(89)52(42-81)100-74)104-70-55(75-45(3)83)61(91)57(87)49(39-78)97-70/h35,37,47-53,55-74,78-82,85,87-95H,5-34,36,38-44H2,1-4H3,(H,75,83)(H,76,84)(H,77,86)/b37-35+/t47-,48+,49?,50?,51?,52?,53?,55?,56?,57+,58+,59-,60-,61+,62+,63?,64?,65?,66+,67+,68-,69-,70-,71-,72+,73-,74-/m0/s1. The molecule has 0 aliphatic carbocycles. The number of aliphatic hydroxyl groups is 15. The van der Waals surface area contributed by atoms with Crippen molar-refractivity contribution in [1.82, 2.24) is 16.0 Å². The molecule has 5 saturated heterocycles. The Hall–Kier alpha value is -2.85. The number of allylic oxidation sites excluding steroid dienone is 1. The Bertz CT molecular complexity index is 2340. The number of nitrogens with one attached hydrogen (secondary N) is 3. The number of carbonyl (C=O) groups excluding carboxylic acids is 3. The fourth-order valence-corrected chi connectivity index (χ4v) is 14.3. The topological polar surface area (TPSA) is 483 Å². The first kappa shape index (κ1) is 92.8. The van der Waals surface area contributed by atoms with Gasteiger partial charge >= 0.3 is 0 Å². The minimum absolute atomic E-state index is 0.187. The van der Waals surface area contributed by atoms with Crippen LogP contribution >= 0.6 is 0 Å². The van der Waals surface area contributed by atoms with Crippen molar-refractivity contribution >= 4 is 17.7 Å². The van der Waals surface area contributed by atoms with Gasteiger partial charge in [-0.1, -0.05) is 206 Å². The van der Waals surface area contributed by atoms with E-state index in [1.165, 1.54) is 135 Å². The summed E-state index contributed by atoms with van der Waals surface area (Å²) >= 11 is 0. The first-order valence-electron chi connectivity index (χ1n) is 39.5. The van der Waals surface area contributed by atoms with E-state index < -0.39 is 217 Å². The van der Waals surface area contributed by atoms with Crippen LogP contribution in [0.3, 0.4) is 0 Å². The molecule has 0 aromatic heterocycles. The molecule has 0 aromatic carbocycles.